The topological polar surface area (TPSA) is 12.9 Å². The van der Waals surface area contributed by atoms with Gasteiger partial charge in [0, 0.05) is 17.8 Å². The summed E-state index contributed by atoms with van der Waals surface area (Å²) in [5.41, 5.74) is 2.62. The lowest BCUT2D eigenvalue weighted by molar-refractivity contribution is 0.664. The van der Waals surface area contributed by atoms with Crippen molar-refractivity contribution in [2.24, 2.45) is 0 Å². The minimum atomic E-state index is 0.231. The fourth-order valence-electron chi connectivity index (χ4n) is 1.61. The third-order valence-corrected chi connectivity index (χ3v) is 2.47. The number of aromatic nitrogens is 1. The molecule has 0 saturated carbocycles. The zero-order valence-corrected chi connectivity index (χ0v) is 9.17. The van der Waals surface area contributed by atoms with Crippen molar-refractivity contribution in [1.82, 2.24) is 4.98 Å². The van der Waals surface area contributed by atoms with Gasteiger partial charge in [-0.25, -0.2) is 0 Å². The fourth-order valence-corrected chi connectivity index (χ4v) is 1.87. The summed E-state index contributed by atoms with van der Waals surface area (Å²) in [7, 11) is 0. The highest BCUT2D eigenvalue weighted by Crippen LogP contribution is 2.24. The maximum absolute atomic E-state index is 5.95. The van der Waals surface area contributed by atoms with Gasteiger partial charge in [-0.05, 0) is 43.4 Å². The van der Waals surface area contributed by atoms with Crippen molar-refractivity contribution in [2.75, 3.05) is 0 Å². The maximum atomic E-state index is 5.95. The molecule has 0 fully saturated rings. The number of nitrogens with zero attached hydrogens (tertiary/aromatic N) is 1. The molecule has 0 N–H and O–H groups in total. The van der Waals surface area contributed by atoms with Crippen LogP contribution in [0.4, 0.5) is 0 Å². The summed E-state index contributed by atoms with van der Waals surface area (Å²) in [6.07, 6.45) is 4.78. The van der Waals surface area contributed by atoms with Crippen molar-refractivity contribution in [2.45, 2.75) is 38.5 Å². The van der Waals surface area contributed by atoms with Crippen LogP contribution in [0.1, 0.15) is 37.3 Å². The Hall–Kier alpha value is -0.560. The lowest BCUT2D eigenvalue weighted by atomic mass is 9.94. The van der Waals surface area contributed by atoms with E-state index in [9.17, 15) is 0 Å². The average Bonchev–Trinajstić information content (AvgIpc) is 2.03. The highest BCUT2D eigenvalue weighted by molar-refractivity contribution is 6.20. The van der Waals surface area contributed by atoms with Gasteiger partial charge in [0.25, 0.3) is 0 Å². The molecule has 1 nitrogen and oxygen atoms in total. The van der Waals surface area contributed by atoms with Crippen LogP contribution in [0.5, 0.6) is 0 Å². The largest absolute Gasteiger partial charge is 0.264 e. The van der Waals surface area contributed by atoms with E-state index in [2.05, 4.69) is 18.8 Å². The monoisotopic (exact) mass is 197 g/mol. The highest BCUT2D eigenvalue weighted by Gasteiger charge is 2.10. The molecule has 1 rings (SSSR count). The van der Waals surface area contributed by atoms with Crippen molar-refractivity contribution >= 4 is 11.6 Å². The first-order valence-corrected chi connectivity index (χ1v) is 5.09. The summed E-state index contributed by atoms with van der Waals surface area (Å²) in [6, 6.07) is 2.05. The summed E-state index contributed by atoms with van der Waals surface area (Å²) >= 11 is 5.95. The number of rotatable bonds is 3. The summed E-state index contributed by atoms with van der Waals surface area (Å²) < 4.78 is 0. The van der Waals surface area contributed by atoms with E-state index in [1.54, 1.807) is 0 Å². The van der Waals surface area contributed by atoms with Crippen LogP contribution in [0.3, 0.4) is 0 Å². The van der Waals surface area contributed by atoms with Gasteiger partial charge < -0.3 is 0 Å². The number of hydrogen-bond acceptors (Lipinski definition) is 1. The van der Waals surface area contributed by atoms with E-state index in [0.717, 1.165) is 6.42 Å². The predicted molar refractivity (Wildman–Crippen MR) is 57.3 cm³/mol. The molecule has 2 atom stereocenters. The van der Waals surface area contributed by atoms with Crippen LogP contribution in [0.25, 0.3) is 0 Å². The number of alkyl halides is 1. The first-order chi connectivity index (χ1) is 6.11. The van der Waals surface area contributed by atoms with Crippen LogP contribution in [-0.4, -0.2) is 10.4 Å². The van der Waals surface area contributed by atoms with Gasteiger partial charge in [-0.2, -0.15) is 0 Å². The van der Waals surface area contributed by atoms with Gasteiger partial charge in [-0.3, -0.25) is 4.98 Å². The zero-order valence-electron chi connectivity index (χ0n) is 8.42. The van der Waals surface area contributed by atoms with E-state index >= 15 is 0 Å². The summed E-state index contributed by atoms with van der Waals surface area (Å²) in [5, 5.41) is 0.231. The maximum Gasteiger partial charge on any atom is 0.0313 e. The Morgan fingerprint density at radius 3 is 2.69 bits per heavy atom. The van der Waals surface area contributed by atoms with E-state index in [0.29, 0.717) is 5.92 Å². The molecule has 0 aliphatic rings. The Morgan fingerprint density at radius 2 is 2.15 bits per heavy atom. The Balaban J connectivity index is 2.76. The fraction of sp³-hybridized carbons (Fsp3) is 0.545. The number of halogens is 1. The molecule has 0 saturated heterocycles. The summed E-state index contributed by atoms with van der Waals surface area (Å²) in [6.45, 7) is 6.35. The van der Waals surface area contributed by atoms with Gasteiger partial charge in [0.05, 0.1) is 0 Å². The minimum absolute atomic E-state index is 0.231. The molecule has 72 valence electrons. The molecule has 0 bridgehead atoms. The number of aryl methyl sites for hydroxylation is 1. The third-order valence-electron chi connectivity index (χ3n) is 2.29. The molecule has 0 radical (unpaired) electrons. The predicted octanol–water partition coefficient (Wildman–Crippen LogP) is 3.51. The van der Waals surface area contributed by atoms with Gasteiger partial charge in [0.15, 0.2) is 0 Å². The smallest absolute Gasteiger partial charge is 0.0313 e. The molecule has 2 heteroatoms. The van der Waals surface area contributed by atoms with Crippen LogP contribution in [-0.2, 0) is 0 Å². The molecule has 0 aromatic carbocycles. The van der Waals surface area contributed by atoms with Crippen molar-refractivity contribution in [3.8, 4) is 0 Å². The molecule has 1 heterocycles. The van der Waals surface area contributed by atoms with E-state index in [1.165, 1.54) is 11.1 Å². The van der Waals surface area contributed by atoms with E-state index < -0.39 is 0 Å². The second-order valence-corrected chi connectivity index (χ2v) is 4.39. The SMILES string of the molecule is Cc1ccncc1C(C)CC(C)Cl. The standard InChI is InChI=1S/C11H16ClN/c1-8-4-5-13-7-11(8)9(2)6-10(3)12/h4-5,7,9-10H,6H2,1-3H3. The van der Waals surface area contributed by atoms with Crippen LogP contribution >= 0.6 is 11.6 Å². The molecular formula is C11H16ClN. The highest BCUT2D eigenvalue weighted by atomic mass is 35.5. The number of hydrogen-bond donors (Lipinski definition) is 0. The first-order valence-electron chi connectivity index (χ1n) is 4.66. The second-order valence-electron chi connectivity index (χ2n) is 3.65. The summed E-state index contributed by atoms with van der Waals surface area (Å²) in [5.74, 6) is 0.501. The van der Waals surface area contributed by atoms with Crippen molar-refractivity contribution in [3.63, 3.8) is 0 Å². The molecule has 0 aliphatic heterocycles. The lowest BCUT2D eigenvalue weighted by Crippen LogP contribution is -2.03. The zero-order chi connectivity index (χ0) is 9.84. The molecule has 0 spiro atoms. The van der Waals surface area contributed by atoms with Crippen molar-refractivity contribution in [3.05, 3.63) is 29.6 Å². The van der Waals surface area contributed by atoms with Gasteiger partial charge in [-0.1, -0.05) is 6.92 Å². The molecule has 1 aromatic rings. The van der Waals surface area contributed by atoms with Crippen LogP contribution in [0.2, 0.25) is 0 Å². The van der Waals surface area contributed by atoms with E-state index in [4.69, 9.17) is 11.6 Å². The Morgan fingerprint density at radius 1 is 1.46 bits per heavy atom. The second kappa shape index (κ2) is 4.61. The van der Waals surface area contributed by atoms with Crippen molar-refractivity contribution in [1.29, 1.82) is 0 Å². The Labute approximate surface area is 85.1 Å². The molecule has 13 heavy (non-hydrogen) atoms. The van der Waals surface area contributed by atoms with E-state index in [-0.39, 0.29) is 5.38 Å². The van der Waals surface area contributed by atoms with Crippen molar-refractivity contribution < 1.29 is 0 Å². The molecule has 1 aromatic heterocycles. The Bertz CT molecular complexity index is 271. The molecular weight excluding hydrogens is 182 g/mol. The van der Waals surface area contributed by atoms with Gasteiger partial charge in [0.2, 0.25) is 0 Å². The molecule has 0 amide bonds. The van der Waals surface area contributed by atoms with Gasteiger partial charge >= 0.3 is 0 Å². The lowest BCUT2D eigenvalue weighted by Gasteiger charge is -2.14. The van der Waals surface area contributed by atoms with Crippen LogP contribution < -0.4 is 0 Å². The third kappa shape index (κ3) is 3.00. The van der Waals surface area contributed by atoms with Gasteiger partial charge in [0.1, 0.15) is 0 Å². The summed E-state index contributed by atoms with van der Waals surface area (Å²) in [4.78, 5) is 4.13. The van der Waals surface area contributed by atoms with Gasteiger partial charge in [-0.15, -0.1) is 11.6 Å². The normalized spacial score (nSPS) is 15.4. The van der Waals surface area contributed by atoms with E-state index in [1.807, 2.05) is 25.4 Å². The minimum Gasteiger partial charge on any atom is -0.264 e. The Kier molecular flexibility index (Phi) is 3.73. The quantitative estimate of drug-likeness (QED) is 0.676. The van der Waals surface area contributed by atoms with Crippen LogP contribution in [0, 0.1) is 6.92 Å². The molecule has 2 unspecified atom stereocenters. The average molecular weight is 198 g/mol. The molecule has 0 aliphatic carbocycles. The van der Waals surface area contributed by atoms with Crippen LogP contribution in [0.15, 0.2) is 18.5 Å². The first kappa shape index (κ1) is 10.5. The number of pyridine rings is 1.